The molecule has 0 aliphatic rings. The minimum atomic E-state index is 0.102. The number of hydrogen-bond acceptors (Lipinski definition) is 4. The summed E-state index contributed by atoms with van der Waals surface area (Å²) in [5, 5.41) is 8.02. The first-order valence-corrected chi connectivity index (χ1v) is 8.05. The third-order valence-corrected chi connectivity index (χ3v) is 4.08. The Morgan fingerprint density at radius 3 is 2.52 bits per heavy atom. The molecule has 3 aromatic rings. The number of fused-ring (bicyclic) bond motifs is 1. The van der Waals surface area contributed by atoms with E-state index >= 15 is 0 Å². The normalized spacial score (nSPS) is 13.2. The fraction of sp³-hybridized carbons (Fsp3) is 0.471. The number of aryl methyl sites for hydroxylation is 1. The molecule has 0 radical (unpaired) electrons. The van der Waals surface area contributed by atoms with Gasteiger partial charge in [-0.3, -0.25) is 0 Å². The van der Waals surface area contributed by atoms with Crippen molar-refractivity contribution in [2.75, 3.05) is 5.32 Å². The molecule has 0 aromatic carbocycles. The quantitative estimate of drug-likeness (QED) is 0.784. The number of rotatable bonds is 5. The van der Waals surface area contributed by atoms with Crippen molar-refractivity contribution in [3.05, 3.63) is 42.2 Å². The van der Waals surface area contributed by atoms with Crippen molar-refractivity contribution < 1.29 is 0 Å². The molecule has 3 heterocycles. The minimum absolute atomic E-state index is 0.102. The topological polar surface area (TPSA) is 60.0 Å². The van der Waals surface area contributed by atoms with Crippen molar-refractivity contribution in [2.24, 2.45) is 13.0 Å². The first-order chi connectivity index (χ1) is 11.0. The van der Waals surface area contributed by atoms with Crippen LogP contribution in [0.3, 0.4) is 0 Å². The van der Waals surface area contributed by atoms with Crippen molar-refractivity contribution in [3.8, 4) is 0 Å². The van der Waals surface area contributed by atoms with E-state index in [2.05, 4.69) is 58.7 Å². The number of nitrogens with zero attached hydrogens (tertiary/aromatic N) is 5. The summed E-state index contributed by atoms with van der Waals surface area (Å²) in [6, 6.07) is 4.12. The molecular weight excluding hydrogens is 288 g/mol. The zero-order valence-corrected chi connectivity index (χ0v) is 14.4. The Morgan fingerprint density at radius 2 is 1.91 bits per heavy atom. The van der Waals surface area contributed by atoms with E-state index < -0.39 is 0 Å². The van der Waals surface area contributed by atoms with E-state index in [1.807, 2.05) is 30.0 Å². The maximum absolute atomic E-state index is 4.67. The van der Waals surface area contributed by atoms with Gasteiger partial charge in [0.05, 0.1) is 12.2 Å². The second-order valence-corrected chi connectivity index (χ2v) is 6.58. The average molecular weight is 312 g/mol. The largest absolute Gasteiger partial charge is 0.360 e. The molecular formula is C17H24N6. The van der Waals surface area contributed by atoms with E-state index in [1.54, 1.807) is 6.20 Å². The standard InChI is InChI=1S/C17H24N6/c1-11(2)13-10-15(23-14(20-13)6-7-19-23)21-16(12(3)4)17-18-8-9-22(17)5/h6-12,16,21H,1-5H3/t16-/m1/s1. The van der Waals surface area contributed by atoms with Crippen LogP contribution in [0.1, 0.15) is 51.2 Å². The predicted octanol–water partition coefficient (Wildman–Crippen LogP) is 3.40. The Bertz CT molecular complexity index is 798. The van der Waals surface area contributed by atoms with Gasteiger partial charge in [0.1, 0.15) is 11.6 Å². The van der Waals surface area contributed by atoms with Crippen LogP contribution in [0.2, 0.25) is 0 Å². The molecule has 3 aromatic heterocycles. The lowest BCUT2D eigenvalue weighted by Crippen LogP contribution is -2.22. The van der Waals surface area contributed by atoms with Gasteiger partial charge in [-0.25, -0.2) is 9.97 Å². The fourth-order valence-corrected chi connectivity index (χ4v) is 2.70. The van der Waals surface area contributed by atoms with Crippen molar-refractivity contribution in [2.45, 2.75) is 39.7 Å². The molecule has 0 spiro atoms. The van der Waals surface area contributed by atoms with Gasteiger partial charge >= 0.3 is 0 Å². The summed E-state index contributed by atoms with van der Waals surface area (Å²) in [6.45, 7) is 8.68. The number of nitrogens with one attached hydrogen (secondary N) is 1. The van der Waals surface area contributed by atoms with E-state index in [0.717, 1.165) is 23.0 Å². The predicted molar refractivity (Wildman–Crippen MR) is 91.5 cm³/mol. The fourth-order valence-electron chi connectivity index (χ4n) is 2.70. The second-order valence-electron chi connectivity index (χ2n) is 6.58. The van der Waals surface area contributed by atoms with Crippen LogP contribution in [0.4, 0.5) is 5.82 Å². The summed E-state index contributed by atoms with van der Waals surface area (Å²) in [5.74, 6) is 2.71. The van der Waals surface area contributed by atoms with Crippen LogP contribution in [0.5, 0.6) is 0 Å². The summed E-state index contributed by atoms with van der Waals surface area (Å²) in [6.07, 6.45) is 5.59. The molecule has 6 heteroatoms. The molecule has 23 heavy (non-hydrogen) atoms. The molecule has 0 aliphatic carbocycles. The van der Waals surface area contributed by atoms with Crippen LogP contribution >= 0.6 is 0 Å². The highest BCUT2D eigenvalue weighted by Gasteiger charge is 2.21. The van der Waals surface area contributed by atoms with Gasteiger partial charge in [-0.2, -0.15) is 9.61 Å². The van der Waals surface area contributed by atoms with Gasteiger partial charge in [0, 0.05) is 37.3 Å². The van der Waals surface area contributed by atoms with Gasteiger partial charge in [-0.05, 0) is 11.8 Å². The molecule has 0 fully saturated rings. The Balaban J connectivity index is 2.05. The lowest BCUT2D eigenvalue weighted by molar-refractivity contribution is 0.505. The maximum atomic E-state index is 4.67. The minimum Gasteiger partial charge on any atom is -0.360 e. The molecule has 1 N–H and O–H groups in total. The van der Waals surface area contributed by atoms with E-state index in [4.69, 9.17) is 0 Å². The molecule has 122 valence electrons. The van der Waals surface area contributed by atoms with Crippen LogP contribution in [-0.2, 0) is 7.05 Å². The highest BCUT2D eigenvalue weighted by Crippen LogP contribution is 2.27. The SMILES string of the molecule is CC(C)c1cc(N[C@@H](c2nccn2C)C(C)C)n2nccc2n1. The Morgan fingerprint density at radius 1 is 1.13 bits per heavy atom. The van der Waals surface area contributed by atoms with Gasteiger partial charge in [0.25, 0.3) is 0 Å². The zero-order chi connectivity index (χ0) is 16.6. The van der Waals surface area contributed by atoms with E-state index in [0.29, 0.717) is 11.8 Å². The van der Waals surface area contributed by atoms with Crippen molar-refractivity contribution >= 4 is 11.5 Å². The van der Waals surface area contributed by atoms with Crippen molar-refractivity contribution in [1.82, 2.24) is 24.1 Å². The molecule has 0 amide bonds. The molecule has 0 saturated carbocycles. The third-order valence-electron chi connectivity index (χ3n) is 4.08. The summed E-state index contributed by atoms with van der Waals surface area (Å²) in [7, 11) is 2.02. The van der Waals surface area contributed by atoms with Crippen LogP contribution in [-0.4, -0.2) is 24.1 Å². The first-order valence-electron chi connectivity index (χ1n) is 8.05. The van der Waals surface area contributed by atoms with Crippen LogP contribution in [0.25, 0.3) is 5.65 Å². The Labute approximate surface area is 136 Å². The van der Waals surface area contributed by atoms with Crippen LogP contribution < -0.4 is 5.32 Å². The van der Waals surface area contributed by atoms with Gasteiger partial charge in [-0.1, -0.05) is 27.7 Å². The molecule has 6 nitrogen and oxygen atoms in total. The third kappa shape index (κ3) is 2.93. The van der Waals surface area contributed by atoms with E-state index in [-0.39, 0.29) is 6.04 Å². The number of aromatic nitrogens is 5. The van der Waals surface area contributed by atoms with E-state index in [9.17, 15) is 0 Å². The monoisotopic (exact) mass is 312 g/mol. The second kappa shape index (κ2) is 6.02. The highest BCUT2D eigenvalue weighted by atomic mass is 15.3. The summed E-state index contributed by atoms with van der Waals surface area (Å²) < 4.78 is 3.91. The lowest BCUT2D eigenvalue weighted by atomic mass is 10.0. The van der Waals surface area contributed by atoms with Crippen LogP contribution in [0.15, 0.2) is 30.7 Å². The maximum Gasteiger partial charge on any atom is 0.157 e. The lowest BCUT2D eigenvalue weighted by Gasteiger charge is -2.24. The number of hydrogen-bond donors (Lipinski definition) is 1. The highest BCUT2D eigenvalue weighted by molar-refractivity contribution is 5.50. The number of anilines is 1. The first kappa shape index (κ1) is 15.5. The van der Waals surface area contributed by atoms with E-state index in [1.165, 1.54) is 0 Å². The zero-order valence-electron chi connectivity index (χ0n) is 14.4. The Hall–Kier alpha value is -2.37. The smallest absolute Gasteiger partial charge is 0.157 e. The molecule has 0 aliphatic heterocycles. The van der Waals surface area contributed by atoms with Gasteiger partial charge in [0.15, 0.2) is 5.65 Å². The van der Waals surface area contributed by atoms with Crippen molar-refractivity contribution in [1.29, 1.82) is 0 Å². The summed E-state index contributed by atoms with van der Waals surface area (Å²) >= 11 is 0. The summed E-state index contributed by atoms with van der Waals surface area (Å²) in [4.78, 5) is 9.18. The van der Waals surface area contributed by atoms with Gasteiger partial charge < -0.3 is 9.88 Å². The molecule has 0 bridgehead atoms. The number of imidazole rings is 1. The summed E-state index contributed by atoms with van der Waals surface area (Å²) in [5.41, 5.74) is 1.92. The molecule has 3 rings (SSSR count). The van der Waals surface area contributed by atoms with Gasteiger partial charge in [-0.15, -0.1) is 0 Å². The van der Waals surface area contributed by atoms with Crippen LogP contribution in [0, 0.1) is 5.92 Å². The Kier molecular flexibility index (Phi) is 4.07. The molecule has 0 unspecified atom stereocenters. The molecule has 0 saturated heterocycles. The van der Waals surface area contributed by atoms with Gasteiger partial charge in [0.2, 0.25) is 0 Å². The van der Waals surface area contributed by atoms with Crippen molar-refractivity contribution in [3.63, 3.8) is 0 Å². The average Bonchev–Trinajstić information content (AvgIpc) is 3.12. The molecule has 1 atom stereocenters.